The summed E-state index contributed by atoms with van der Waals surface area (Å²) in [5, 5.41) is 8.50. The zero-order chi connectivity index (χ0) is 11.1. The number of carbonyl (C=O) groups excluding carboxylic acids is 1. The van der Waals surface area contributed by atoms with E-state index < -0.39 is 5.97 Å². The lowest BCUT2D eigenvalue weighted by molar-refractivity contribution is -0.136. The second-order valence-electron chi connectivity index (χ2n) is 2.78. The van der Waals surface area contributed by atoms with Gasteiger partial charge < -0.3 is 9.90 Å². The van der Waals surface area contributed by atoms with Crippen molar-refractivity contribution < 1.29 is 14.7 Å². The number of aliphatic carboxylic acids is 1. The van der Waals surface area contributed by atoms with Crippen LogP contribution in [0.2, 0.25) is 0 Å². The third-order valence-electron chi connectivity index (χ3n) is 1.58. The summed E-state index contributed by atoms with van der Waals surface area (Å²) in [5.74, 6) is 4.46. The number of hydrogen-bond acceptors (Lipinski definition) is 3. The van der Waals surface area contributed by atoms with Gasteiger partial charge in [0.05, 0.1) is 18.5 Å². The lowest BCUT2D eigenvalue weighted by Gasteiger charge is -1.95. The van der Waals surface area contributed by atoms with E-state index in [4.69, 9.17) is 5.11 Å². The van der Waals surface area contributed by atoms with Crippen LogP contribution in [0.4, 0.5) is 0 Å². The molecule has 0 amide bonds. The summed E-state index contributed by atoms with van der Waals surface area (Å²) >= 11 is 0. The molecule has 1 N–H and O–H groups in total. The average molecular weight is 203 g/mol. The molecular formula is C11H9NO3. The monoisotopic (exact) mass is 203 g/mol. The fourth-order valence-electron chi connectivity index (χ4n) is 0.953. The standard InChI is InChI=1S/C11H9NO3/c13-6-2-1-3-9-4-5-10(12-8-9)7-11(14)15/h4-6,8H,2,7H2,(H,14,15). The van der Waals surface area contributed by atoms with Crippen LogP contribution in [0.3, 0.4) is 0 Å². The molecule has 76 valence electrons. The van der Waals surface area contributed by atoms with Gasteiger partial charge >= 0.3 is 5.97 Å². The highest BCUT2D eigenvalue weighted by atomic mass is 16.4. The van der Waals surface area contributed by atoms with E-state index in [1.807, 2.05) is 0 Å². The van der Waals surface area contributed by atoms with Gasteiger partial charge in [-0.1, -0.05) is 11.8 Å². The quantitative estimate of drug-likeness (QED) is 0.578. The first-order valence-electron chi connectivity index (χ1n) is 4.31. The molecule has 0 aromatic carbocycles. The Hall–Kier alpha value is -2.15. The number of carboxylic acids is 1. The summed E-state index contributed by atoms with van der Waals surface area (Å²) in [5.41, 5.74) is 1.16. The molecule has 0 aliphatic rings. The van der Waals surface area contributed by atoms with Crippen LogP contribution in [-0.4, -0.2) is 22.3 Å². The normalized spacial score (nSPS) is 8.80. The van der Waals surface area contributed by atoms with Crippen molar-refractivity contribution in [2.24, 2.45) is 0 Å². The molecule has 0 spiro atoms. The van der Waals surface area contributed by atoms with Crippen LogP contribution in [0.15, 0.2) is 18.3 Å². The second kappa shape index (κ2) is 5.55. The largest absolute Gasteiger partial charge is 0.481 e. The molecule has 1 rings (SSSR count). The number of carboxylic acid groups (broad SMARTS) is 1. The molecule has 0 saturated carbocycles. The molecule has 1 aromatic rings. The molecule has 1 aromatic heterocycles. The zero-order valence-corrected chi connectivity index (χ0v) is 7.93. The maximum atomic E-state index is 10.4. The highest BCUT2D eigenvalue weighted by Crippen LogP contribution is 1.99. The van der Waals surface area contributed by atoms with Crippen LogP contribution < -0.4 is 0 Å². The molecule has 15 heavy (non-hydrogen) atoms. The maximum Gasteiger partial charge on any atom is 0.309 e. The summed E-state index contributed by atoms with van der Waals surface area (Å²) < 4.78 is 0. The summed E-state index contributed by atoms with van der Waals surface area (Å²) in [4.78, 5) is 24.3. The zero-order valence-electron chi connectivity index (χ0n) is 7.93. The Bertz CT molecular complexity index is 412. The second-order valence-corrected chi connectivity index (χ2v) is 2.78. The van der Waals surface area contributed by atoms with Crippen LogP contribution in [-0.2, 0) is 16.0 Å². The van der Waals surface area contributed by atoms with Crippen molar-refractivity contribution in [2.75, 3.05) is 0 Å². The molecule has 1 heterocycles. The van der Waals surface area contributed by atoms with Gasteiger partial charge in [-0.2, -0.15) is 0 Å². The van der Waals surface area contributed by atoms with Crippen molar-refractivity contribution >= 4 is 12.3 Å². The molecule has 0 aliphatic heterocycles. The predicted molar refractivity (Wildman–Crippen MR) is 53.1 cm³/mol. The lowest BCUT2D eigenvalue weighted by Crippen LogP contribution is -2.01. The minimum atomic E-state index is -0.915. The van der Waals surface area contributed by atoms with E-state index in [0.29, 0.717) is 11.3 Å². The number of nitrogens with zero attached hydrogens (tertiary/aromatic N) is 1. The highest BCUT2D eigenvalue weighted by Gasteiger charge is 2.00. The Balaban J connectivity index is 2.69. The van der Waals surface area contributed by atoms with Gasteiger partial charge in [-0.05, 0) is 12.1 Å². The Kier molecular flexibility index (Phi) is 4.05. The topological polar surface area (TPSA) is 67.3 Å². The molecule has 0 atom stereocenters. The maximum absolute atomic E-state index is 10.4. The van der Waals surface area contributed by atoms with Gasteiger partial charge in [0.2, 0.25) is 0 Å². The van der Waals surface area contributed by atoms with Gasteiger partial charge in [0.15, 0.2) is 0 Å². The van der Waals surface area contributed by atoms with Crippen LogP contribution in [0, 0.1) is 11.8 Å². The highest BCUT2D eigenvalue weighted by molar-refractivity contribution is 5.69. The first-order valence-corrected chi connectivity index (χ1v) is 4.31. The third-order valence-corrected chi connectivity index (χ3v) is 1.58. The molecular weight excluding hydrogens is 194 g/mol. The van der Waals surface area contributed by atoms with Crippen molar-refractivity contribution in [3.05, 3.63) is 29.6 Å². The van der Waals surface area contributed by atoms with E-state index in [0.717, 1.165) is 6.29 Å². The molecule has 4 nitrogen and oxygen atoms in total. The number of aromatic nitrogens is 1. The van der Waals surface area contributed by atoms with E-state index in [1.54, 1.807) is 12.1 Å². The lowest BCUT2D eigenvalue weighted by atomic mass is 10.2. The van der Waals surface area contributed by atoms with Crippen LogP contribution >= 0.6 is 0 Å². The molecule has 0 unspecified atom stereocenters. The van der Waals surface area contributed by atoms with Gasteiger partial charge in [-0.25, -0.2) is 0 Å². The first kappa shape index (κ1) is 10.9. The summed E-state index contributed by atoms with van der Waals surface area (Å²) in [6, 6.07) is 3.29. The smallest absolute Gasteiger partial charge is 0.309 e. The van der Waals surface area contributed by atoms with E-state index in [-0.39, 0.29) is 12.8 Å². The van der Waals surface area contributed by atoms with Crippen molar-refractivity contribution in [3.8, 4) is 11.8 Å². The Morgan fingerprint density at radius 2 is 2.33 bits per heavy atom. The summed E-state index contributed by atoms with van der Waals surface area (Å²) in [6.07, 6.45) is 2.31. The van der Waals surface area contributed by atoms with Gasteiger partial charge in [-0.3, -0.25) is 9.78 Å². The first-order chi connectivity index (χ1) is 7.22. The number of hydrogen-bond donors (Lipinski definition) is 1. The number of pyridine rings is 1. The number of aldehydes is 1. The Morgan fingerprint density at radius 1 is 1.53 bits per heavy atom. The van der Waals surface area contributed by atoms with Crippen molar-refractivity contribution in [2.45, 2.75) is 12.8 Å². The summed E-state index contributed by atoms with van der Waals surface area (Å²) in [6.45, 7) is 0. The molecule has 0 radical (unpaired) electrons. The molecule has 0 saturated heterocycles. The van der Waals surface area contributed by atoms with E-state index >= 15 is 0 Å². The Labute approximate surface area is 87.0 Å². The van der Waals surface area contributed by atoms with Gasteiger partial charge in [0, 0.05) is 11.8 Å². The van der Waals surface area contributed by atoms with E-state index in [9.17, 15) is 9.59 Å². The van der Waals surface area contributed by atoms with Crippen LogP contribution in [0.1, 0.15) is 17.7 Å². The average Bonchev–Trinajstić information content (AvgIpc) is 2.20. The fourth-order valence-corrected chi connectivity index (χ4v) is 0.953. The summed E-state index contributed by atoms with van der Waals surface area (Å²) in [7, 11) is 0. The van der Waals surface area contributed by atoms with Crippen molar-refractivity contribution in [3.63, 3.8) is 0 Å². The van der Waals surface area contributed by atoms with Crippen LogP contribution in [0.5, 0.6) is 0 Å². The molecule has 0 fully saturated rings. The molecule has 4 heteroatoms. The van der Waals surface area contributed by atoms with Gasteiger partial charge in [-0.15, -0.1) is 0 Å². The number of carbonyl (C=O) groups is 2. The van der Waals surface area contributed by atoms with Crippen molar-refractivity contribution in [1.29, 1.82) is 0 Å². The van der Waals surface area contributed by atoms with E-state index in [2.05, 4.69) is 16.8 Å². The SMILES string of the molecule is O=CCC#Cc1ccc(CC(=O)O)nc1. The van der Waals surface area contributed by atoms with Gasteiger partial charge in [0.1, 0.15) is 6.29 Å². The van der Waals surface area contributed by atoms with Crippen LogP contribution in [0.25, 0.3) is 0 Å². The minimum absolute atomic E-state index is 0.0952. The minimum Gasteiger partial charge on any atom is -0.481 e. The third kappa shape index (κ3) is 4.05. The fraction of sp³-hybridized carbons (Fsp3) is 0.182. The Morgan fingerprint density at radius 3 is 2.87 bits per heavy atom. The molecule has 0 bridgehead atoms. The number of rotatable bonds is 3. The predicted octanol–water partition coefficient (Wildman–Crippen LogP) is 0.649. The molecule has 0 aliphatic carbocycles. The van der Waals surface area contributed by atoms with Gasteiger partial charge in [0.25, 0.3) is 0 Å². The van der Waals surface area contributed by atoms with E-state index in [1.165, 1.54) is 6.20 Å². The van der Waals surface area contributed by atoms with Crippen molar-refractivity contribution in [1.82, 2.24) is 4.98 Å².